The molecule has 1 rings (SSSR count). The van der Waals surface area contributed by atoms with Crippen molar-refractivity contribution in [2.24, 2.45) is 11.5 Å². The number of nitrogens with zero attached hydrogens (tertiary/aromatic N) is 2. The molecule has 5 heteroatoms. The SMILES string of the molecule is CCn1nccc1[C@H](N)CC(N)=O. The van der Waals surface area contributed by atoms with Gasteiger partial charge in [-0.05, 0) is 13.0 Å². The van der Waals surface area contributed by atoms with Gasteiger partial charge >= 0.3 is 0 Å². The molecule has 5 nitrogen and oxygen atoms in total. The lowest BCUT2D eigenvalue weighted by Crippen LogP contribution is -2.23. The highest BCUT2D eigenvalue weighted by Gasteiger charge is 2.12. The van der Waals surface area contributed by atoms with E-state index in [-0.39, 0.29) is 12.5 Å². The molecule has 1 aromatic rings. The van der Waals surface area contributed by atoms with Crippen molar-refractivity contribution in [1.29, 1.82) is 0 Å². The van der Waals surface area contributed by atoms with Crippen LogP contribution in [-0.4, -0.2) is 15.7 Å². The van der Waals surface area contributed by atoms with Crippen LogP contribution in [0.25, 0.3) is 0 Å². The molecule has 1 aromatic heterocycles. The molecule has 1 atom stereocenters. The minimum atomic E-state index is -0.392. The van der Waals surface area contributed by atoms with Crippen molar-refractivity contribution in [3.63, 3.8) is 0 Å². The van der Waals surface area contributed by atoms with Gasteiger partial charge in [0.1, 0.15) is 0 Å². The van der Waals surface area contributed by atoms with Crippen molar-refractivity contribution in [2.45, 2.75) is 25.9 Å². The van der Waals surface area contributed by atoms with E-state index in [0.717, 1.165) is 12.2 Å². The number of aromatic nitrogens is 2. The van der Waals surface area contributed by atoms with E-state index in [0.29, 0.717) is 0 Å². The van der Waals surface area contributed by atoms with Crippen molar-refractivity contribution in [1.82, 2.24) is 9.78 Å². The minimum absolute atomic E-state index is 0.158. The summed E-state index contributed by atoms with van der Waals surface area (Å²) >= 11 is 0. The van der Waals surface area contributed by atoms with E-state index in [1.165, 1.54) is 0 Å². The number of rotatable bonds is 4. The molecule has 0 saturated carbocycles. The quantitative estimate of drug-likeness (QED) is 0.674. The summed E-state index contributed by atoms with van der Waals surface area (Å²) in [5.41, 5.74) is 11.6. The Morgan fingerprint density at radius 3 is 3.00 bits per heavy atom. The Bertz CT molecular complexity index is 294. The van der Waals surface area contributed by atoms with Crippen LogP contribution in [0.1, 0.15) is 25.1 Å². The largest absolute Gasteiger partial charge is 0.370 e. The Morgan fingerprint density at radius 1 is 1.77 bits per heavy atom. The molecule has 0 aliphatic heterocycles. The third kappa shape index (κ3) is 2.29. The average molecular weight is 182 g/mol. The summed E-state index contributed by atoms with van der Waals surface area (Å²) in [6.07, 6.45) is 1.82. The fourth-order valence-corrected chi connectivity index (χ4v) is 1.24. The van der Waals surface area contributed by atoms with Crippen molar-refractivity contribution >= 4 is 5.91 Å². The smallest absolute Gasteiger partial charge is 0.219 e. The normalized spacial score (nSPS) is 12.8. The first-order valence-corrected chi connectivity index (χ1v) is 4.20. The van der Waals surface area contributed by atoms with Crippen LogP contribution in [0.5, 0.6) is 0 Å². The second-order valence-electron chi connectivity index (χ2n) is 2.85. The Hall–Kier alpha value is -1.36. The highest BCUT2D eigenvalue weighted by molar-refractivity contribution is 5.74. The van der Waals surface area contributed by atoms with Gasteiger partial charge in [0.15, 0.2) is 0 Å². The third-order valence-electron chi connectivity index (χ3n) is 1.85. The van der Waals surface area contributed by atoms with E-state index in [4.69, 9.17) is 11.5 Å². The maximum absolute atomic E-state index is 10.6. The summed E-state index contributed by atoms with van der Waals surface area (Å²) in [6, 6.07) is 1.46. The van der Waals surface area contributed by atoms with E-state index < -0.39 is 5.91 Å². The van der Waals surface area contributed by atoms with Crippen LogP contribution in [0.4, 0.5) is 0 Å². The maximum Gasteiger partial charge on any atom is 0.219 e. The zero-order valence-electron chi connectivity index (χ0n) is 7.60. The summed E-state index contributed by atoms with van der Waals surface area (Å²) in [6.45, 7) is 2.71. The van der Waals surface area contributed by atoms with E-state index >= 15 is 0 Å². The van der Waals surface area contributed by atoms with Crippen molar-refractivity contribution in [3.05, 3.63) is 18.0 Å². The van der Waals surface area contributed by atoms with Crippen molar-refractivity contribution in [3.8, 4) is 0 Å². The molecular weight excluding hydrogens is 168 g/mol. The van der Waals surface area contributed by atoms with Gasteiger partial charge in [-0.25, -0.2) is 0 Å². The van der Waals surface area contributed by atoms with Gasteiger partial charge in [0.05, 0.1) is 11.7 Å². The second-order valence-corrected chi connectivity index (χ2v) is 2.85. The van der Waals surface area contributed by atoms with E-state index in [2.05, 4.69) is 5.10 Å². The highest BCUT2D eigenvalue weighted by atomic mass is 16.1. The van der Waals surface area contributed by atoms with Crippen LogP contribution < -0.4 is 11.5 Å². The summed E-state index contributed by atoms with van der Waals surface area (Å²) < 4.78 is 1.76. The third-order valence-corrected chi connectivity index (χ3v) is 1.85. The molecule has 0 aliphatic rings. The number of aryl methyl sites for hydroxylation is 1. The zero-order valence-corrected chi connectivity index (χ0v) is 7.60. The first-order chi connectivity index (χ1) is 6.15. The zero-order chi connectivity index (χ0) is 9.84. The minimum Gasteiger partial charge on any atom is -0.370 e. The predicted molar refractivity (Wildman–Crippen MR) is 48.6 cm³/mol. The van der Waals surface area contributed by atoms with Gasteiger partial charge in [0.25, 0.3) is 0 Å². The van der Waals surface area contributed by atoms with Crippen LogP contribution in [-0.2, 0) is 11.3 Å². The van der Waals surface area contributed by atoms with Gasteiger partial charge in [-0.2, -0.15) is 5.10 Å². The Labute approximate surface area is 76.7 Å². The molecule has 72 valence electrons. The van der Waals surface area contributed by atoms with Gasteiger partial charge in [0, 0.05) is 19.2 Å². The summed E-state index contributed by atoms with van der Waals surface area (Å²) in [5, 5.41) is 4.05. The molecule has 4 N–H and O–H groups in total. The van der Waals surface area contributed by atoms with Crippen LogP contribution >= 0.6 is 0 Å². The first kappa shape index (κ1) is 9.73. The number of primary amides is 1. The molecule has 1 heterocycles. The highest BCUT2D eigenvalue weighted by Crippen LogP contribution is 2.12. The first-order valence-electron chi connectivity index (χ1n) is 4.20. The van der Waals surface area contributed by atoms with Crippen LogP contribution in [0.2, 0.25) is 0 Å². The molecule has 0 bridgehead atoms. The topological polar surface area (TPSA) is 86.9 Å². The summed E-state index contributed by atoms with van der Waals surface area (Å²) in [4.78, 5) is 10.6. The molecule has 0 spiro atoms. The van der Waals surface area contributed by atoms with Crippen LogP contribution in [0.3, 0.4) is 0 Å². The van der Waals surface area contributed by atoms with Crippen LogP contribution in [0.15, 0.2) is 12.3 Å². The standard InChI is InChI=1S/C8H14N4O/c1-2-12-7(3-4-11-12)6(9)5-8(10)13/h3-4,6H,2,5,9H2,1H3,(H2,10,13)/t6-/m1/s1. The Kier molecular flexibility index (Phi) is 3.02. The fraction of sp³-hybridized carbons (Fsp3) is 0.500. The lowest BCUT2D eigenvalue weighted by molar-refractivity contribution is -0.118. The molecular formula is C8H14N4O. The van der Waals surface area contributed by atoms with Gasteiger partial charge in [-0.15, -0.1) is 0 Å². The van der Waals surface area contributed by atoms with E-state index in [1.807, 2.05) is 6.92 Å². The lowest BCUT2D eigenvalue weighted by Gasteiger charge is -2.10. The van der Waals surface area contributed by atoms with Gasteiger partial charge < -0.3 is 11.5 Å². The molecule has 0 aromatic carbocycles. The molecule has 0 saturated heterocycles. The summed E-state index contributed by atoms with van der Waals surface area (Å²) in [7, 11) is 0. The molecule has 0 fully saturated rings. The van der Waals surface area contributed by atoms with Gasteiger partial charge in [-0.1, -0.05) is 0 Å². The maximum atomic E-state index is 10.6. The Morgan fingerprint density at radius 2 is 2.46 bits per heavy atom. The molecule has 13 heavy (non-hydrogen) atoms. The van der Waals surface area contributed by atoms with E-state index in [9.17, 15) is 4.79 Å². The van der Waals surface area contributed by atoms with Crippen LogP contribution in [0, 0.1) is 0 Å². The molecule has 0 unspecified atom stereocenters. The second kappa shape index (κ2) is 4.04. The lowest BCUT2D eigenvalue weighted by atomic mass is 10.1. The number of carbonyl (C=O) groups excluding carboxylic acids is 1. The molecule has 1 amide bonds. The predicted octanol–water partition coefficient (Wildman–Crippen LogP) is -0.222. The van der Waals surface area contributed by atoms with E-state index in [1.54, 1.807) is 16.9 Å². The molecule has 0 radical (unpaired) electrons. The van der Waals surface area contributed by atoms with Crippen molar-refractivity contribution < 1.29 is 4.79 Å². The van der Waals surface area contributed by atoms with Gasteiger partial charge in [-0.3, -0.25) is 9.48 Å². The number of hydrogen-bond acceptors (Lipinski definition) is 3. The molecule has 0 aliphatic carbocycles. The summed E-state index contributed by atoms with van der Waals surface area (Å²) in [5.74, 6) is -0.392. The fourth-order valence-electron chi connectivity index (χ4n) is 1.24. The number of carbonyl (C=O) groups is 1. The van der Waals surface area contributed by atoms with Crippen molar-refractivity contribution in [2.75, 3.05) is 0 Å². The number of nitrogens with two attached hydrogens (primary N) is 2. The monoisotopic (exact) mass is 182 g/mol. The number of hydrogen-bond donors (Lipinski definition) is 2. The average Bonchev–Trinajstić information content (AvgIpc) is 2.49. The Balaban J connectivity index is 2.75. The number of amides is 1. The van der Waals surface area contributed by atoms with Gasteiger partial charge in [0.2, 0.25) is 5.91 Å².